The van der Waals surface area contributed by atoms with E-state index in [0.29, 0.717) is 0 Å². The van der Waals surface area contributed by atoms with Crippen molar-refractivity contribution in [3.63, 3.8) is 0 Å². The third kappa shape index (κ3) is 2.35. The highest BCUT2D eigenvalue weighted by Gasteiger charge is 2.31. The first-order valence-corrected chi connectivity index (χ1v) is 7.08. The van der Waals surface area contributed by atoms with Gasteiger partial charge in [-0.05, 0) is 43.2 Å². The van der Waals surface area contributed by atoms with Gasteiger partial charge >= 0.3 is 0 Å². The summed E-state index contributed by atoms with van der Waals surface area (Å²) in [4.78, 5) is 10.6. The quantitative estimate of drug-likeness (QED) is 0.840. The van der Waals surface area contributed by atoms with Gasteiger partial charge in [0.15, 0.2) is 0 Å². The number of hydrogen-bond acceptors (Lipinski definition) is 3. The maximum absolute atomic E-state index is 4.36. The van der Waals surface area contributed by atoms with E-state index >= 15 is 0 Å². The summed E-state index contributed by atoms with van der Waals surface area (Å²) >= 11 is 0. The van der Waals surface area contributed by atoms with Gasteiger partial charge in [-0.2, -0.15) is 0 Å². The van der Waals surface area contributed by atoms with Crippen molar-refractivity contribution in [2.45, 2.75) is 19.4 Å². The highest BCUT2D eigenvalue weighted by atomic mass is 15.2. The summed E-state index contributed by atoms with van der Waals surface area (Å²) in [5.41, 5.74) is 4.50. The number of aromatic nitrogens is 2. The minimum absolute atomic E-state index is 0.180. The zero-order valence-corrected chi connectivity index (χ0v) is 12.6. The van der Waals surface area contributed by atoms with Crippen molar-refractivity contribution in [3.05, 3.63) is 78.0 Å². The van der Waals surface area contributed by atoms with Crippen LogP contribution in [-0.2, 0) is 5.54 Å². The predicted molar refractivity (Wildman–Crippen MR) is 85.4 cm³/mol. The Morgan fingerprint density at radius 1 is 1.14 bits per heavy atom. The first-order chi connectivity index (χ1) is 10.1. The van der Waals surface area contributed by atoms with Crippen molar-refractivity contribution in [1.29, 1.82) is 0 Å². The van der Waals surface area contributed by atoms with Crippen LogP contribution in [0.25, 0.3) is 5.57 Å². The van der Waals surface area contributed by atoms with Crippen LogP contribution >= 0.6 is 0 Å². The molecule has 0 N–H and O–H groups in total. The number of hydrogen-bond donors (Lipinski definition) is 0. The van der Waals surface area contributed by atoms with E-state index in [1.54, 1.807) is 12.5 Å². The molecule has 0 radical (unpaired) electrons. The molecule has 2 aromatic rings. The van der Waals surface area contributed by atoms with Crippen molar-refractivity contribution in [2.75, 3.05) is 7.05 Å². The summed E-state index contributed by atoms with van der Waals surface area (Å²) in [6.45, 7) is 4.39. The van der Waals surface area contributed by atoms with Gasteiger partial charge in [0.25, 0.3) is 0 Å². The number of nitrogens with zero attached hydrogens (tertiary/aromatic N) is 3. The minimum atomic E-state index is -0.180. The van der Waals surface area contributed by atoms with Crippen LogP contribution in [-0.4, -0.2) is 21.9 Å². The van der Waals surface area contributed by atoms with E-state index in [-0.39, 0.29) is 5.54 Å². The van der Waals surface area contributed by atoms with Gasteiger partial charge in [0, 0.05) is 25.0 Å². The monoisotopic (exact) mass is 277 g/mol. The van der Waals surface area contributed by atoms with Crippen molar-refractivity contribution in [2.24, 2.45) is 0 Å². The molecule has 0 saturated heterocycles. The molecule has 0 aliphatic carbocycles. The Morgan fingerprint density at radius 2 is 1.95 bits per heavy atom. The van der Waals surface area contributed by atoms with E-state index in [0.717, 1.165) is 11.3 Å². The fraction of sp³-hybridized carbons (Fsp3) is 0.222. The van der Waals surface area contributed by atoms with E-state index in [2.05, 4.69) is 78.4 Å². The normalized spacial score (nSPS) is 21.3. The molecule has 1 aliphatic rings. The van der Waals surface area contributed by atoms with E-state index in [4.69, 9.17) is 0 Å². The second-order valence-corrected chi connectivity index (χ2v) is 5.58. The molecule has 3 heteroatoms. The predicted octanol–water partition coefficient (Wildman–Crippen LogP) is 3.54. The Kier molecular flexibility index (Phi) is 3.34. The van der Waals surface area contributed by atoms with Gasteiger partial charge in [-0.25, -0.2) is 9.97 Å². The molecule has 0 saturated carbocycles. The second kappa shape index (κ2) is 5.17. The Hall–Kier alpha value is -2.42. The van der Waals surface area contributed by atoms with Crippen LogP contribution in [0.1, 0.15) is 23.7 Å². The highest BCUT2D eigenvalue weighted by Crippen LogP contribution is 2.37. The number of benzene rings is 1. The van der Waals surface area contributed by atoms with Crippen molar-refractivity contribution >= 4 is 5.57 Å². The Labute approximate surface area is 125 Å². The molecule has 0 spiro atoms. The Morgan fingerprint density at radius 3 is 2.67 bits per heavy atom. The van der Waals surface area contributed by atoms with Gasteiger partial charge in [-0.3, -0.25) is 0 Å². The fourth-order valence-corrected chi connectivity index (χ4v) is 2.83. The van der Waals surface area contributed by atoms with Crippen LogP contribution in [0, 0.1) is 6.92 Å². The van der Waals surface area contributed by atoms with Crippen LogP contribution in [0.2, 0.25) is 0 Å². The summed E-state index contributed by atoms with van der Waals surface area (Å²) in [6, 6.07) is 10.5. The summed E-state index contributed by atoms with van der Waals surface area (Å²) in [6.07, 6.45) is 9.86. The molecule has 106 valence electrons. The van der Waals surface area contributed by atoms with Crippen LogP contribution in [0.4, 0.5) is 0 Å². The summed E-state index contributed by atoms with van der Waals surface area (Å²) in [7, 11) is 2.11. The first-order valence-electron chi connectivity index (χ1n) is 7.08. The molecule has 0 bridgehead atoms. The summed E-state index contributed by atoms with van der Waals surface area (Å²) in [5.74, 6) is 0. The molecule has 1 atom stereocenters. The van der Waals surface area contributed by atoms with Crippen LogP contribution in [0.15, 0.2) is 61.2 Å². The van der Waals surface area contributed by atoms with Gasteiger partial charge in [0.2, 0.25) is 0 Å². The van der Waals surface area contributed by atoms with E-state index < -0.39 is 0 Å². The van der Waals surface area contributed by atoms with Gasteiger partial charge < -0.3 is 4.90 Å². The zero-order chi connectivity index (χ0) is 14.9. The maximum atomic E-state index is 4.36. The molecular weight excluding hydrogens is 258 g/mol. The lowest BCUT2D eigenvalue weighted by atomic mass is 9.83. The van der Waals surface area contributed by atoms with Gasteiger partial charge in [-0.1, -0.05) is 24.3 Å². The average molecular weight is 277 g/mol. The van der Waals surface area contributed by atoms with Crippen molar-refractivity contribution < 1.29 is 0 Å². The molecular formula is C18H19N3. The van der Waals surface area contributed by atoms with Crippen LogP contribution < -0.4 is 0 Å². The SMILES string of the molecule is Cc1ccccc1C1(C)C=C(c2ccncn2)C=CN1C. The van der Waals surface area contributed by atoms with E-state index in [9.17, 15) is 0 Å². The summed E-state index contributed by atoms with van der Waals surface area (Å²) < 4.78 is 0. The Balaban J connectivity index is 2.11. The molecule has 0 fully saturated rings. The lowest BCUT2D eigenvalue weighted by Crippen LogP contribution is -2.38. The van der Waals surface area contributed by atoms with Crippen molar-refractivity contribution in [1.82, 2.24) is 14.9 Å². The maximum Gasteiger partial charge on any atom is 0.116 e. The van der Waals surface area contributed by atoms with Gasteiger partial charge in [0.05, 0.1) is 11.2 Å². The fourth-order valence-electron chi connectivity index (χ4n) is 2.83. The van der Waals surface area contributed by atoms with Gasteiger partial charge in [0.1, 0.15) is 6.33 Å². The van der Waals surface area contributed by atoms with E-state index in [1.807, 2.05) is 6.07 Å². The number of allylic oxidation sites excluding steroid dienone is 2. The lowest BCUT2D eigenvalue weighted by Gasteiger charge is -2.40. The highest BCUT2D eigenvalue weighted by molar-refractivity contribution is 5.74. The zero-order valence-electron chi connectivity index (χ0n) is 12.6. The smallest absolute Gasteiger partial charge is 0.116 e. The largest absolute Gasteiger partial charge is 0.368 e. The molecule has 2 heterocycles. The molecule has 1 unspecified atom stereocenters. The van der Waals surface area contributed by atoms with Gasteiger partial charge in [-0.15, -0.1) is 0 Å². The first kappa shape index (κ1) is 13.6. The molecule has 3 rings (SSSR count). The molecule has 1 aliphatic heterocycles. The van der Waals surface area contributed by atoms with E-state index in [1.165, 1.54) is 11.1 Å². The second-order valence-electron chi connectivity index (χ2n) is 5.58. The van der Waals surface area contributed by atoms with Crippen molar-refractivity contribution in [3.8, 4) is 0 Å². The topological polar surface area (TPSA) is 29.0 Å². The molecule has 1 aromatic heterocycles. The lowest BCUT2D eigenvalue weighted by molar-refractivity contribution is 0.262. The molecule has 1 aromatic carbocycles. The average Bonchev–Trinajstić information content (AvgIpc) is 2.51. The third-order valence-corrected chi connectivity index (χ3v) is 4.22. The number of likely N-dealkylation sites (N-methyl/N-ethyl adjacent to an activating group) is 1. The van der Waals surface area contributed by atoms with Crippen LogP contribution in [0.5, 0.6) is 0 Å². The standard InChI is InChI=1S/C18H19N3/c1-14-6-4-5-7-16(14)18(2)12-15(9-11-21(18)3)17-8-10-19-13-20-17/h4-13H,1-3H3. The van der Waals surface area contributed by atoms with Crippen LogP contribution in [0.3, 0.4) is 0 Å². The minimum Gasteiger partial charge on any atom is -0.368 e. The third-order valence-electron chi connectivity index (χ3n) is 4.22. The number of rotatable bonds is 2. The Bertz CT molecular complexity index is 703. The molecule has 3 nitrogen and oxygen atoms in total. The summed E-state index contributed by atoms with van der Waals surface area (Å²) in [5, 5.41) is 0. The molecule has 0 amide bonds. The molecule has 21 heavy (non-hydrogen) atoms. The number of aryl methyl sites for hydroxylation is 1.